The summed E-state index contributed by atoms with van der Waals surface area (Å²) in [5.74, 6) is 8.37. The molecule has 0 radical (unpaired) electrons. The van der Waals surface area contributed by atoms with Crippen molar-refractivity contribution < 1.29 is 4.74 Å². The lowest BCUT2D eigenvalue weighted by Crippen LogP contribution is -2.43. The Hall–Kier alpha value is -1.06. The predicted octanol–water partition coefficient (Wildman–Crippen LogP) is 3.81. The van der Waals surface area contributed by atoms with Crippen LogP contribution in [0.25, 0.3) is 0 Å². The molecular formula is C18H30N2O. The molecule has 0 spiro atoms. The van der Waals surface area contributed by atoms with Gasteiger partial charge in [-0.15, -0.1) is 0 Å². The van der Waals surface area contributed by atoms with E-state index in [-0.39, 0.29) is 0 Å². The zero-order valence-electron chi connectivity index (χ0n) is 13.5. The molecule has 1 saturated carbocycles. The zero-order chi connectivity index (χ0) is 15.1. The van der Waals surface area contributed by atoms with Crippen LogP contribution in [0, 0.1) is 18.8 Å². The normalized spacial score (nSPS) is 23.8. The van der Waals surface area contributed by atoms with Crippen LogP contribution >= 0.6 is 0 Å². The van der Waals surface area contributed by atoms with Gasteiger partial charge in [-0.3, -0.25) is 11.3 Å². The molecule has 1 unspecified atom stereocenters. The average Bonchev–Trinajstić information content (AvgIpc) is 2.52. The first-order valence-corrected chi connectivity index (χ1v) is 8.38. The molecule has 0 aliphatic heterocycles. The minimum Gasteiger partial charge on any atom is -0.494 e. The minimum absolute atomic E-state index is 0.382. The maximum atomic E-state index is 5.86. The van der Waals surface area contributed by atoms with Gasteiger partial charge in [-0.2, -0.15) is 0 Å². The molecule has 0 bridgehead atoms. The van der Waals surface area contributed by atoms with E-state index in [2.05, 4.69) is 31.4 Å². The largest absolute Gasteiger partial charge is 0.494 e. The fraction of sp³-hybridized carbons (Fsp3) is 0.667. The van der Waals surface area contributed by atoms with Gasteiger partial charge in [0.05, 0.1) is 6.61 Å². The van der Waals surface area contributed by atoms with Gasteiger partial charge >= 0.3 is 0 Å². The molecule has 0 aromatic heterocycles. The van der Waals surface area contributed by atoms with Crippen LogP contribution in [0.4, 0.5) is 0 Å². The Kier molecular flexibility index (Phi) is 6.52. The van der Waals surface area contributed by atoms with E-state index in [1.807, 2.05) is 12.1 Å². The van der Waals surface area contributed by atoms with Crippen molar-refractivity contribution in [2.45, 2.75) is 58.4 Å². The number of nitrogens with two attached hydrogens (primary N) is 1. The highest BCUT2D eigenvalue weighted by atomic mass is 16.5. The van der Waals surface area contributed by atoms with Gasteiger partial charge in [-0.25, -0.2) is 0 Å². The lowest BCUT2D eigenvalue weighted by molar-refractivity contribution is 0.190. The average molecular weight is 290 g/mol. The highest BCUT2D eigenvalue weighted by Gasteiger charge is 2.26. The van der Waals surface area contributed by atoms with Gasteiger partial charge in [0.15, 0.2) is 0 Å². The molecule has 0 amide bonds. The van der Waals surface area contributed by atoms with Crippen molar-refractivity contribution in [3.63, 3.8) is 0 Å². The third kappa shape index (κ3) is 5.01. The molecule has 0 heterocycles. The first kappa shape index (κ1) is 16.3. The van der Waals surface area contributed by atoms with Gasteiger partial charge in [0.25, 0.3) is 0 Å². The van der Waals surface area contributed by atoms with Crippen LogP contribution < -0.4 is 16.0 Å². The Bertz CT molecular complexity index is 413. The number of hydrogen-bond acceptors (Lipinski definition) is 3. The number of hydrogen-bond donors (Lipinski definition) is 2. The van der Waals surface area contributed by atoms with E-state index in [4.69, 9.17) is 10.6 Å². The van der Waals surface area contributed by atoms with Crippen molar-refractivity contribution >= 4 is 0 Å². The smallest absolute Gasteiger partial charge is 0.119 e. The monoisotopic (exact) mass is 290 g/mol. The van der Waals surface area contributed by atoms with E-state index in [9.17, 15) is 0 Å². The van der Waals surface area contributed by atoms with Gasteiger partial charge in [0.1, 0.15) is 5.75 Å². The van der Waals surface area contributed by atoms with Crippen molar-refractivity contribution in [1.29, 1.82) is 0 Å². The summed E-state index contributed by atoms with van der Waals surface area (Å²) in [4.78, 5) is 0. The first-order chi connectivity index (χ1) is 10.2. The molecular weight excluding hydrogens is 260 g/mol. The summed E-state index contributed by atoms with van der Waals surface area (Å²) in [5, 5.41) is 0. The van der Waals surface area contributed by atoms with Gasteiger partial charge in [0, 0.05) is 6.04 Å². The predicted molar refractivity (Wildman–Crippen MR) is 88.1 cm³/mol. The number of hydrazine groups is 1. The Morgan fingerprint density at radius 1 is 1.29 bits per heavy atom. The SMILES string of the molecule is CCC1CCC(C(CCOc2cccc(C)c2)NN)CC1. The second-order valence-corrected chi connectivity index (χ2v) is 6.42. The Labute approximate surface area is 129 Å². The molecule has 3 nitrogen and oxygen atoms in total. The van der Waals surface area contributed by atoms with E-state index in [0.29, 0.717) is 12.0 Å². The lowest BCUT2D eigenvalue weighted by Gasteiger charge is -2.33. The molecule has 3 N–H and O–H groups in total. The fourth-order valence-electron chi connectivity index (χ4n) is 3.46. The van der Waals surface area contributed by atoms with E-state index in [1.54, 1.807) is 0 Å². The van der Waals surface area contributed by atoms with Crippen LogP contribution in [0.3, 0.4) is 0 Å². The van der Waals surface area contributed by atoms with E-state index < -0.39 is 0 Å². The van der Waals surface area contributed by atoms with Crippen molar-refractivity contribution in [1.82, 2.24) is 5.43 Å². The number of nitrogens with one attached hydrogen (secondary N) is 1. The first-order valence-electron chi connectivity index (χ1n) is 8.38. The maximum absolute atomic E-state index is 5.86. The van der Waals surface area contributed by atoms with Gasteiger partial charge in [-0.1, -0.05) is 38.3 Å². The molecule has 1 aliphatic carbocycles. The zero-order valence-corrected chi connectivity index (χ0v) is 13.5. The summed E-state index contributed by atoms with van der Waals surface area (Å²) in [7, 11) is 0. The van der Waals surface area contributed by atoms with Crippen LogP contribution in [0.1, 0.15) is 51.0 Å². The van der Waals surface area contributed by atoms with Crippen LogP contribution in [-0.4, -0.2) is 12.6 Å². The standard InChI is InChI=1S/C18H30N2O/c1-3-15-7-9-16(10-8-15)18(20-19)11-12-21-17-6-4-5-14(2)13-17/h4-6,13,15-16,18,20H,3,7-12,19H2,1-2H3. The van der Waals surface area contributed by atoms with Crippen molar-refractivity contribution in [2.24, 2.45) is 17.7 Å². The molecule has 1 aliphatic rings. The highest BCUT2D eigenvalue weighted by Crippen LogP contribution is 2.33. The number of benzene rings is 1. The van der Waals surface area contributed by atoms with E-state index in [0.717, 1.165) is 24.7 Å². The maximum Gasteiger partial charge on any atom is 0.119 e. The van der Waals surface area contributed by atoms with Crippen LogP contribution in [0.5, 0.6) is 5.75 Å². The van der Waals surface area contributed by atoms with Crippen LogP contribution in [-0.2, 0) is 0 Å². The van der Waals surface area contributed by atoms with Crippen molar-refractivity contribution in [2.75, 3.05) is 6.61 Å². The summed E-state index contributed by atoms with van der Waals surface area (Å²) in [6.45, 7) is 5.12. The summed E-state index contributed by atoms with van der Waals surface area (Å²) < 4.78 is 5.86. The molecule has 1 fully saturated rings. The summed E-state index contributed by atoms with van der Waals surface area (Å²) in [6, 6.07) is 8.60. The molecule has 118 valence electrons. The van der Waals surface area contributed by atoms with Crippen LogP contribution in [0.2, 0.25) is 0 Å². The molecule has 2 rings (SSSR count). The second-order valence-electron chi connectivity index (χ2n) is 6.42. The molecule has 0 saturated heterocycles. The molecule has 3 heteroatoms. The summed E-state index contributed by atoms with van der Waals surface area (Å²) in [6.07, 6.45) is 7.63. The molecule has 1 aromatic carbocycles. The topological polar surface area (TPSA) is 47.3 Å². The summed E-state index contributed by atoms with van der Waals surface area (Å²) in [5.41, 5.74) is 4.26. The number of rotatable bonds is 7. The fourth-order valence-corrected chi connectivity index (χ4v) is 3.46. The third-order valence-corrected chi connectivity index (χ3v) is 4.94. The number of ether oxygens (including phenoxy) is 1. The quantitative estimate of drug-likeness (QED) is 0.593. The molecule has 1 aromatic rings. The number of aryl methyl sites for hydroxylation is 1. The van der Waals surface area contributed by atoms with Gasteiger partial charge in [-0.05, 0) is 55.7 Å². The van der Waals surface area contributed by atoms with Crippen molar-refractivity contribution in [3.05, 3.63) is 29.8 Å². The van der Waals surface area contributed by atoms with Crippen molar-refractivity contribution in [3.8, 4) is 5.75 Å². The molecule has 21 heavy (non-hydrogen) atoms. The van der Waals surface area contributed by atoms with Crippen LogP contribution in [0.15, 0.2) is 24.3 Å². The second kappa shape index (κ2) is 8.40. The summed E-state index contributed by atoms with van der Waals surface area (Å²) >= 11 is 0. The Morgan fingerprint density at radius 2 is 2.05 bits per heavy atom. The van der Waals surface area contributed by atoms with Gasteiger partial charge < -0.3 is 4.74 Å². The molecule has 1 atom stereocenters. The third-order valence-electron chi connectivity index (χ3n) is 4.94. The lowest BCUT2D eigenvalue weighted by atomic mass is 9.77. The van der Waals surface area contributed by atoms with E-state index in [1.165, 1.54) is 37.7 Å². The Morgan fingerprint density at radius 3 is 2.67 bits per heavy atom. The van der Waals surface area contributed by atoms with Gasteiger partial charge in [0.2, 0.25) is 0 Å². The highest BCUT2D eigenvalue weighted by molar-refractivity contribution is 5.27. The van der Waals surface area contributed by atoms with E-state index >= 15 is 0 Å². The Balaban J connectivity index is 1.75. The minimum atomic E-state index is 0.382.